The van der Waals surface area contributed by atoms with Crippen molar-refractivity contribution in [2.24, 2.45) is 0 Å². The summed E-state index contributed by atoms with van der Waals surface area (Å²) in [6.07, 6.45) is 4.31. The second-order valence-corrected chi connectivity index (χ2v) is 8.76. The molecular weight excluding hydrogens is 428 g/mol. The highest BCUT2D eigenvalue weighted by Gasteiger charge is 2.22. The average molecular weight is 457 g/mol. The first-order chi connectivity index (χ1) is 16.5. The molecule has 3 heterocycles. The van der Waals surface area contributed by atoms with Gasteiger partial charge in [-0.25, -0.2) is 0 Å². The molecule has 1 fully saturated rings. The van der Waals surface area contributed by atoms with Crippen LogP contribution in [0.5, 0.6) is 0 Å². The van der Waals surface area contributed by atoms with Gasteiger partial charge in [0.2, 0.25) is 11.6 Å². The summed E-state index contributed by atoms with van der Waals surface area (Å²) in [5.74, 6) is 0.726. The summed E-state index contributed by atoms with van der Waals surface area (Å²) in [5, 5.41) is 8.34. The highest BCUT2D eigenvalue weighted by atomic mass is 16.2. The molecule has 1 aliphatic heterocycles. The van der Waals surface area contributed by atoms with E-state index in [9.17, 15) is 9.59 Å². The fourth-order valence-corrected chi connectivity index (χ4v) is 4.41. The Labute approximate surface area is 198 Å². The standard InChI is InChI=1S/C26H28N6O2/c1-19-8-9-22(18-20(19)2)31-16-17-32-23(27-28-25(32)26(31)34)10-11-24(33)30-14-12-29(13-15-30)21-6-4-3-5-7-21/h3-9,16-18H,10-15H2,1-2H3. The van der Waals surface area contributed by atoms with Crippen molar-refractivity contribution in [2.45, 2.75) is 26.7 Å². The van der Waals surface area contributed by atoms with Gasteiger partial charge in [0.05, 0.1) is 0 Å². The van der Waals surface area contributed by atoms with E-state index in [1.807, 2.05) is 55.1 Å². The van der Waals surface area contributed by atoms with Crippen molar-refractivity contribution in [3.05, 3.63) is 88.2 Å². The molecule has 0 bridgehead atoms. The largest absolute Gasteiger partial charge is 0.368 e. The van der Waals surface area contributed by atoms with Gasteiger partial charge >= 0.3 is 5.56 Å². The van der Waals surface area contributed by atoms with Crippen LogP contribution in [0.1, 0.15) is 23.4 Å². The second-order valence-electron chi connectivity index (χ2n) is 8.76. The van der Waals surface area contributed by atoms with Crippen LogP contribution < -0.4 is 10.5 Å². The van der Waals surface area contributed by atoms with Crippen LogP contribution in [0.3, 0.4) is 0 Å². The Morgan fingerprint density at radius 3 is 2.38 bits per heavy atom. The first-order valence-electron chi connectivity index (χ1n) is 11.6. The van der Waals surface area contributed by atoms with E-state index in [1.54, 1.807) is 21.4 Å². The first kappa shape index (κ1) is 21.9. The predicted octanol–water partition coefficient (Wildman–Crippen LogP) is 2.78. The minimum absolute atomic E-state index is 0.105. The molecule has 0 radical (unpaired) electrons. The summed E-state index contributed by atoms with van der Waals surface area (Å²) in [6, 6.07) is 16.2. The number of fused-ring (bicyclic) bond motifs is 1. The number of piperazine rings is 1. The molecule has 1 amide bonds. The van der Waals surface area contributed by atoms with E-state index in [2.05, 4.69) is 27.2 Å². The Morgan fingerprint density at radius 2 is 1.65 bits per heavy atom. The van der Waals surface area contributed by atoms with Crippen molar-refractivity contribution >= 4 is 17.2 Å². The number of aryl methyl sites for hydroxylation is 3. The number of hydrogen-bond donors (Lipinski definition) is 0. The van der Waals surface area contributed by atoms with Crippen LogP contribution in [-0.4, -0.2) is 56.2 Å². The fourth-order valence-electron chi connectivity index (χ4n) is 4.41. The molecule has 8 nitrogen and oxygen atoms in total. The Bertz CT molecular complexity index is 1380. The molecule has 5 rings (SSSR count). The Kier molecular flexibility index (Phi) is 5.88. The lowest BCUT2D eigenvalue weighted by Gasteiger charge is -2.36. The van der Waals surface area contributed by atoms with Crippen LogP contribution in [-0.2, 0) is 11.2 Å². The lowest BCUT2D eigenvalue weighted by molar-refractivity contribution is -0.131. The molecule has 2 aromatic carbocycles. The molecule has 174 valence electrons. The van der Waals surface area contributed by atoms with Gasteiger partial charge in [-0.3, -0.25) is 18.6 Å². The minimum Gasteiger partial charge on any atom is -0.368 e. The number of aromatic nitrogens is 4. The molecule has 0 atom stereocenters. The van der Waals surface area contributed by atoms with E-state index in [0.29, 0.717) is 31.8 Å². The highest BCUT2D eigenvalue weighted by molar-refractivity contribution is 5.76. The zero-order valence-electron chi connectivity index (χ0n) is 19.5. The first-order valence-corrected chi connectivity index (χ1v) is 11.6. The van der Waals surface area contributed by atoms with Gasteiger partial charge in [0.25, 0.3) is 0 Å². The van der Waals surface area contributed by atoms with E-state index in [1.165, 1.54) is 11.3 Å². The van der Waals surface area contributed by atoms with Crippen molar-refractivity contribution in [1.82, 2.24) is 24.1 Å². The van der Waals surface area contributed by atoms with E-state index >= 15 is 0 Å². The van der Waals surface area contributed by atoms with E-state index in [0.717, 1.165) is 24.3 Å². The third-order valence-electron chi connectivity index (χ3n) is 6.63. The predicted molar refractivity (Wildman–Crippen MR) is 132 cm³/mol. The van der Waals surface area contributed by atoms with Gasteiger partial charge in [-0.15, -0.1) is 10.2 Å². The van der Waals surface area contributed by atoms with Gasteiger partial charge in [0.1, 0.15) is 5.82 Å². The Morgan fingerprint density at radius 1 is 0.882 bits per heavy atom. The Hall–Kier alpha value is -3.94. The number of hydrogen-bond acceptors (Lipinski definition) is 5. The molecule has 4 aromatic rings. The van der Waals surface area contributed by atoms with Crippen LogP contribution >= 0.6 is 0 Å². The SMILES string of the molecule is Cc1ccc(-n2ccn3c(CCC(=O)N4CCN(c5ccccc5)CC4)nnc3c2=O)cc1C. The summed E-state index contributed by atoms with van der Waals surface area (Å²) >= 11 is 0. The normalized spacial score (nSPS) is 14.1. The highest BCUT2D eigenvalue weighted by Crippen LogP contribution is 2.17. The third-order valence-corrected chi connectivity index (χ3v) is 6.63. The summed E-state index contributed by atoms with van der Waals surface area (Å²) in [7, 11) is 0. The maximum atomic E-state index is 13.0. The number of carbonyl (C=O) groups excluding carboxylic acids is 1. The summed E-state index contributed by atoms with van der Waals surface area (Å²) in [6.45, 7) is 7.11. The van der Waals surface area contributed by atoms with Gasteiger partial charge in [-0.1, -0.05) is 24.3 Å². The number of nitrogens with zero attached hydrogens (tertiary/aromatic N) is 6. The minimum atomic E-state index is -0.229. The number of rotatable bonds is 5. The lowest BCUT2D eigenvalue weighted by atomic mass is 10.1. The van der Waals surface area contributed by atoms with Crippen LogP contribution in [0, 0.1) is 13.8 Å². The maximum Gasteiger partial charge on any atom is 0.300 e. The lowest BCUT2D eigenvalue weighted by Crippen LogP contribution is -2.48. The number of amides is 1. The average Bonchev–Trinajstić information content (AvgIpc) is 3.29. The number of carbonyl (C=O) groups is 1. The summed E-state index contributed by atoms with van der Waals surface area (Å²) < 4.78 is 3.28. The van der Waals surface area contributed by atoms with Crippen LogP contribution in [0.15, 0.2) is 65.7 Å². The number of anilines is 1. The molecule has 2 aromatic heterocycles. The van der Waals surface area contributed by atoms with Crippen LogP contribution in [0.2, 0.25) is 0 Å². The molecule has 8 heteroatoms. The number of benzene rings is 2. The van der Waals surface area contributed by atoms with E-state index in [4.69, 9.17) is 0 Å². The van der Waals surface area contributed by atoms with Gasteiger partial charge in [0.15, 0.2) is 0 Å². The van der Waals surface area contributed by atoms with E-state index in [-0.39, 0.29) is 17.1 Å². The molecule has 0 saturated carbocycles. The summed E-state index contributed by atoms with van der Waals surface area (Å²) in [4.78, 5) is 30.1. The molecule has 0 spiro atoms. The quantitative estimate of drug-likeness (QED) is 0.462. The Balaban J connectivity index is 1.25. The molecule has 0 aliphatic carbocycles. The number of para-hydroxylation sites is 1. The fraction of sp³-hybridized carbons (Fsp3) is 0.308. The second kappa shape index (κ2) is 9.13. The van der Waals surface area contributed by atoms with Crippen LogP contribution in [0.25, 0.3) is 11.3 Å². The van der Waals surface area contributed by atoms with E-state index < -0.39 is 0 Å². The molecule has 0 unspecified atom stereocenters. The molecule has 0 N–H and O–H groups in total. The third kappa shape index (κ3) is 4.19. The molecular formula is C26H28N6O2. The van der Waals surface area contributed by atoms with Crippen molar-refractivity contribution in [1.29, 1.82) is 0 Å². The van der Waals surface area contributed by atoms with Gasteiger partial charge in [-0.05, 0) is 49.2 Å². The molecule has 1 aliphatic rings. The van der Waals surface area contributed by atoms with Gasteiger partial charge < -0.3 is 9.80 Å². The molecule has 1 saturated heterocycles. The zero-order valence-corrected chi connectivity index (χ0v) is 19.5. The van der Waals surface area contributed by atoms with Gasteiger partial charge in [-0.2, -0.15) is 0 Å². The zero-order chi connectivity index (χ0) is 23.7. The maximum absolute atomic E-state index is 13.0. The van der Waals surface area contributed by atoms with Crippen molar-refractivity contribution < 1.29 is 4.79 Å². The topological polar surface area (TPSA) is 75.7 Å². The van der Waals surface area contributed by atoms with Crippen LogP contribution in [0.4, 0.5) is 5.69 Å². The monoisotopic (exact) mass is 456 g/mol. The van der Waals surface area contributed by atoms with Crippen molar-refractivity contribution in [2.75, 3.05) is 31.1 Å². The van der Waals surface area contributed by atoms with Gasteiger partial charge in [0, 0.05) is 62.8 Å². The smallest absolute Gasteiger partial charge is 0.300 e. The molecule has 34 heavy (non-hydrogen) atoms. The van der Waals surface area contributed by atoms with Crippen molar-refractivity contribution in [3.63, 3.8) is 0 Å². The van der Waals surface area contributed by atoms with Crippen molar-refractivity contribution in [3.8, 4) is 5.69 Å². The summed E-state index contributed by atoms with van der Waals surface area (Å²) in [5.41, 5.74) is 4.32.